The first-order valence-electron chi connectivity index (χ1n) is 10.8. The van der Waals surface area contributed by atoms with Crippen LogP contribution < -0.4 is 14.4 Å². The standard InChI is InChI=1S/C25H29N3O4/c1-18-24(19(2)32-26-18)17-31-22-9-7-20(8-10-22)15-25(29)28-13-11-27(12-14-28)21-5-4-6-23(16-21)30-3/h4-10,16H,11-15,17H2,1-3H3. The maximum Gasteiger partial charge on any atom is 0.227 e. The van der Waals surface area contributed by atoms with Crippen LogP contribution in [0.1, 0.15) is 22.6 Å². The van der Waals surface area contributed by atoms with E-state index >= 15 is 0 Å². The third kappa shape index (κ3) is 5.04. The number of carbonyl (C=O) groups excluding carboxylic acids is 1. The number of hydrogen-bond donors (Lipinski definition) is 0. The summed E-state index contributed by atoms with van der Waals surface area (Å²) < 4.78 is 16.3. The minimum absolute atomic E-state index is 0.152. The second kappa shape index (κ2) is 9.77. The number of aromatic nitrogens is 1. The molecule has 1 aromatic heterocycles. The molecule has 0 N–H and O–H groups in total. The van der Waals surface area contributed by atoms with Crippen LogP contribution in [-0.4, -0.2) is 49.3 Å². The summed E-state index contributed by atoms with van der Waals surface area (Å²) in [4.78, 5) is 17.0. The van der Waals surface area contributed by atoms with Crippen LogP contribution in [0.4, 0.5) is 5.69 Å². The van der Waals surface area contributed by atoms with Crippen LogP contribution >= 0.6 is 0 Å². The van der Waals surface area contributed by atoms with Gasteiger partial charge in [0.1, 0.15) is 23.9 Å². The molecule has 0 radical (unpaired) electrons. The van der Waals surface area contributed by atoms with Gasteiger partial charge >= 0.3 is 0 Å². The number of methoxy groups -OCH3 is 1. The first kappa shape index (κ1) is 21.7. The number of aryl methyl sites for hydroxylation is 2. The number of carbonyl (C=O) groups is 1. The van der Waals surface area contributed by atoms with Gasteiger partial charge in [-0.25, -0.2) is 0 Å². The van der Waals surface area contributed by atoms with Gasteiger partial charge < -0.3 is 23.8 Å². The van der Waals surface area contributed by atoms with Gasteiger partial charge in [0.2, 0.25) is 5.91 Å². The van der Waals surface area contributed by atoms with E-state index in [1.165, 1.54) is 0 Å². The lowest BCUT2D eigenvalue weighted by atomic mass is 10.1. The summed E-state index contributed by atoms with van der Waals surface area (Å²) in [5, 5.41) is 3.94. The average Bonchev–Trinajstić information content (AvgIpc) is 3.15. The summed E-state index contributed by atoms with van der Waals surface area (Å²) in [6.45, 7) is 7.26. The second-order valence-electron chi connectivity index (χ2n) is 7.98. The van der Waals surface area contributed by atoms with E-state index in [0.717, 1.165) is 52.9 Å². The molecule has 4 rings (SSSR count). The number of benzene rings is 2. The summed E-state index contributed by atoms with van der Waals surface area (Å²) in [6, 6.07) is 15.8. The number of amides is 1. The monoisotopic (exact) mass is 435 g/mol. The molecule has 0 saturated carbocycles. The maximum absolute atomic E-state index is 12.8. The van der Waals surface area contributed by atoms with Gasteiger partial charge in [-0.15, -0.1) is 0 Å². The molecule has 2 aromatic carbocycles. The van der Waals surface area contributed by atoms with Crippen LogP contribution in [0.25, 0.3) is 0 Å². The molecule has 168 valence electrons. The normalized spacial score (nSPS) is 13.8. The van der Waals surface area contributed by atoms with Gasteiger partial charge in [0, 0.05) is 37.9 Å². The van der Waals surface area contributed by atoms with Crippen LogP contribution in [0.3, 0.4) is 0 Å². The molecule has 0 bridgehead atoms. The van der Waals surface area contributed by atoms with Crippen molar-refractivity contribution in [1.29, 1.82) is 0 Å². The number of anilines is 1. The fourth-order valence-corrected chi connectivity index (χ4v) is 3.87. The Morgan fingerprint density at radius 1 is 1.03 bits per heavy atom. The summed E-state index contributed by atoms with van der Waals surface area (Å²) in [7, 11) is 1.67. The Morgan fingerprint density at radius 2 is 1.78 bits per heavy atom. The molecular weight excluding hydrogens is 406 g/mol. The molecule has 0 unspecified atom stereocenters. The van der Waals surface area contributed by atoms with Crippen molar-refractivity contribution in [3.8, 4) is 11.5 Å². The number of hydrogen-bond acceptors (Lipinski definition) is 6. The average molecular weight is 436 g/mol. The van der Waals surface area contributed by atoms with E-state index in [4.69, 9.17) is 14.0 Å². The van der Waals surface area contributed by atoms with E-state index in [9.17, 15) is 4.79 Å². The Morgan fingerprint density at radius 3 is 2.44 bits per heavy atom. The molecule has 1 fully saturated rings. The van der Waals surface area contributed by atoms with Crippen molar-refractivity contribution >= 4 is 11.6 Å². The fraction of sp³-hybridized carbons (Fsp3) is 0.360. The zero-order valence-electron chi connectivity index (χ0n) is 18.8. The summed E-state index contributed by atoms with van der Waals surface area (Å²) >= 11 is 0. The molecule has 1 saturated heterocycles. The molecule has 1 amide bonds. The number of rotatable bonds is 7. The maximum atomic E-state index is 12.8. The van der Waals surface area contributed by atoms with Crippen LogP contribution in [-0.2, 0) is 17.8 Å². The number of ether oxygens (including phenoxy) is 2. The summed E-state index contributed by atoms with van der Waals surface area (Å²) in [6.07, 6.45) is 0.392. The molecule has 2 heterocycles. The SMILES string of the molecule is COc1cccc(N2CCN(C(=O)Cc3ccc(OCc4c(C)noc4C)cc3)CC2)c1. The van der Waals surface area contributed by atoms with Crippen molar-refractivity contribution < 1.29 is 18.8 Å². The third-order valence-electron chi connectivity index (χ3n) is 5.89. The minimum Gasteiger partial charge on any atom is -0.497 e. The van der Waals surface area contributed by atoms with Gasteiger partial charge in [-0.2, -0.15) is 0 Å². The lowest BCUT2D eigenvalue weighted by Crippen LogP contribution is -2.49. The van der Waals surface area contributed by atoms with E-state index in [2.05, 4.69) is 16.1 Å². The van der Waals surface area contributed by atoms with Crippen molar-refractivity contribution in [1.82, 2.24) is 10.1 Å². The minimum atomic E-state index is 0.152. The molecule has 32 heavy (non-hydrogen) atoms. The third-order valence-corrected chi connectivity index (χ3v) is 5.89. The predicted octanol–water partition coefficient (Wildman–Crippen LogP) is 3.77. The molecule has 7 nitrogen and oxygen atoms in total. The van der Waals surface area contributed by atoms with E-state index < -0.39 is 0 Å². The highest BCUT2D eigenvalue weighted by Crippen LogP contribution is 2.23. The van der Waals surface area contributed by atoms with E-state index in [0.29, 0.717) is 26.1 Å². The largest absolute Gasteiger partial charge is 0.497 e. The van der Waals surface area contributed by atoms with Crippen molar-refractivity contribution in [2.45, 2.75) is 26.9 Å². The molecule has 7 heteroatoms. The van der Waals surface area contributed by atoms with Crippen LogP contribution in [0, 0.1) is 13.8 Å². The highest BCUT2D eigenvalue weighted by atomic mass is 16.5. The Labute approximate surface area is 188 Å². The van der Waals surface area contributed by atoms with Crippen LogP contribution in [0.15, 0.2) is 53.1 Å². The topological polar surface area (TPSA) is 68.0 Å². The van der Waals surface area contributed by atoms with Gasteiger partial charge in [-0.05, 0) is 43.7 Å². The van der Waals surface area contributed by atoms with E-state index in [1.54, 1.807) is 7.11 Å². The van der Waals surface area contributed by atoms with Gasteiger partial charge in [0.15, 0.2) is 0 Å². The molecule has 1 aliphatic rings. The molecule has 1 aliphatic heterocycles. The first-order valence-corrected chi connectivity index (χ1v) is 10.8. The van der Waals surface area contributed by atoms with Crippen molar-refractivity contribution in [2.24, 2.45) is 0 Å². The Hall–Kier alpha value is -3.48. The molecule has 0 spiro atoms. The Kier molecular flexibility index (Phi) is 6.63. The lowest BCUT2D eigenvalue weighted by molar-refractivity contribution is -0.130. The summed E-state index contributed by atoms with van der Waals surface area (Å²) in [5.74, 6) is 2.53. The predicted molar refractivity (Wildman–Crippen MR) is 122 cm³/mol. The van der Waals surface area contributed by atoms with Crippen molar-refractivity contribution in [3.63, 3.8) is 0 Å². The van der Waals surface area contributed by atoms with E-state index in [-0.39, 0.29) is 5.91 Å². The molecular formula is C25H29N3O4. The summed E-state index contributed by atoms with van der Waals surface area (Å²) in [5.41, 5.74) is 3.92. The quantitative estimate of drug-likeness (QED) is 0.563. The fourth-order valence-electron chi connectivity index (χ4n) is 3.87. The number of piperazine rings is 1. The van der Waals surface area contributed by atoms with Crippen LogP contribution in [0.5, 0.6) is 11.5 Å². The van der Waals surface area contributed by atoms with Gasteiger partial charge in [0.25, 0.3) is 0 Å². The Balaban J connectivity index is 1.27. The highest BCUT2D eigenvalue weighted by molar-refractivity contribution is 5.79. The second-order valence-corrected chi connectivity index (χ2v) is 7.98. The van der Waals surface area contributed by atoms with Gasteiger partial charge in [0.05, 0.1) is 24.8 Å². The first-order chi connectivity index (χ1) is 15.5. The Bertz CT molecular complexity index is 1030. The van der Waals surface area contributed by atoms with Crippen LogP contribution in [0.2, 0.25) is 0 Å². The zero-order chi connectivity index (χ0) is 22.5. The van der Waals surface area contributed by atoms with Gasteiger partial charge in [-0.3, -0.25) is 4.79 Å². The zero-order valence-corrected chi connectivity index (χ0v) is 18.8. The lowest BCUT2D eigenvalue weighted by Gasteiger charge is -2.36. The molecule has 3 aromatic rings. The van der Waals surface area contributed by atoms with Crippen molar-refractivity contribution in [2.75, 3.05) is 38.2 Å². The molecule has 0 atom stereocenters. The molecule has 0 aliphatic carbocycles. The number of nitrogens with zero attached hydrogens (tertiary/aromatic N) is 3. The highest BCUT2D eigenvalue weighted by Gasteiger charge is 2.21. The van der Waals surface area contributed by atoms with Crippen molar-refractivity contribution in [3.05, 3.63) is 71.1 Å². The smallest absolute Gasteiger partial charge is 0.227 e. The van der Waals surface area contributed by atoms with E-state index in [1.807, 2.05) is 61.2 Å². The van der Waals surface area contributed by atoms with Gasteiger partial charge in [-0.1, -0.05) is 23.4 Å².